The van der Waals surface area contributed by atoms with Crippen LogP contribution in [0, 0.1) is 5.82 Å². The van der Waals surface area contributed by atoms with Crippen molar-refractivity contribution < 1.29 is 13.9 Å². The average Bonchev–Trinajstić information content (AvgIpc) is 2.69. The minimum atomic E-state index is -0.493. The summed E-state index contributed by atoms with van der Waals surface area (Å²) in [7, 11) is 0. The molecule has 4 nitrogen and oxygen atoms in total. The quantitative estimate of drug-likeness (QED) is 0.915. The molecule has 0 saturated carbocycles. The molecule has 18 heavy (non-hydrogen) atoms. The molecule has 1 aliphatic rings. The van der Waals surface area contributed by atoms with E-state index in [2.05, 4.69) is 4.99 Å². The van der Waals surface area contributed by atoms with Gasteiger partial charge in [0, 0.05) is 12.5 Å². The van der Waals surface area contributed by atoms with Crippen LogP contribution in [0.5, 0.6) is 5.75 Å². The van der Waals surface area contributed by atoms with Crippen LogP contribution in [0.1, 0.15) is 13.3 Å². The second kappa shape index (κ2) is 5.44. The van der Waals surface area contributed by atoms with Crippen molar-refractivity contribution in [2.75, 3.05) is 6.61 Å². The predicted molar refractivity (Wildman–Crippen MR) is 67.5 cm³/mol. The highest BCUT2D eigenvalue weighted by Crippen LogP contribution is 2.22. The lowest BCUT2D eigenvalue weighted by atomic mass is 10.1. The van der Waals surface area contributed by atoms with E-state index < -0.39 is 5.82 Å². The highest BCUT2D eigenvalue weighted by molar-refractivity contribution is 6.30. The molecule has 0 bridgehead atoms. The van der Waals surface area contributed by atoms with Crippen LogP contribution in [0.3, 0.4) is 0 Å². The van der Waals surface area contributed by atoms with Crippen molar-refractivity contribution in [3.8, 4) is 5.75 Å². The van der Waals surface area contributed by atoms with Crippen molar-refractivity contribution in [3.05, 3.63) is 29.0 Å². The fourth-order valence-electron chi connectivity index (χ4n) is 1.77. The minimum Gasteiger partial charge on any atom is -0.491 e. The fraction of sp³-hybridized carbons (Fsp3) is 0.417. The summed E-state index contributed by atoms with van der Waals surface area (Å²) in [5.41, 5.74) is 5.41. The molecular weight excluding hydrogens is 259 g/mol. The predicted octanol–water partition coefficient (Wildman–Crippen LogP) is 2.35. The zero-order chi connectivity index (χ0) is 13.1. The summed E-state index contributed by atoms with van der Waals surface area (Å²) in [6.45, 7) is 2.35. The van der Waals surface area contributed by atoms with E-state index in [1.807, 2.05) is 6.92 Å². The number of nitrogens with zero attached hydrogens (tertiary/aromatic N) is 1. The zero-order valence-electron chi connectivity index (χ0n) is 9.90. The smallest absolute Gasteiger partial charge is 0.282 e. The van der Waals surface area contributed by atoms with E-state index in [-0.39, 0.29) is 23.2 Å². The summed E-state index contributed by atoms with van der Waals surface area (Å²) in [4.78, 5) is 4.10. The Morgan fingerprint density at radius 1 is 1.67 bits per heavy atom. The molecule has 1 aromatic carbocycles. The van der Waals surface area contributed by atoms with Crippen LogP contribution in [-0.2, 0) is 4.74 Å². The Bertz CT molecular complexity index is 467. The van der Waals surface area contributed by atoms with Gasteiger partial charge >= 0.3 is 0 Å². The molecule has 0 amide bonds. The van der Waals surface area contributed by atoms with Crippen molar-refractivity contribution in [2.24, 2.45) is 10.7 Å². The monoisotopic (exact) mass is 272 g/mol. The zero-order valence-corrected chi connectivity index (χ0v) is 10.7. The number of amidine groups is 1. The molecule has 1 aromatic rings. The van der Waals surface area contributed by atoms with Crippen LogP contribution in [0.2, 0.25) is 5.02 Å². The van der Waals surface area contributed by atoms with Gasteiger partial charge in [0.1, 0.15) is 18.2 Å². The molecule has 0 fully saturated rings. The van der Waals surface area contributed by atoms with Crippen molar-refractivity contribution >= 4 is 17.6 Å². The maximum Gasteiger partial charge on any atom is 0.282 e. The van der Waals surface area contributed by atoms with Crippen LogP contribution < -0.4 is 10.5 Å². The van der Waals surface area contributed by atoms with Gasteiger partial charge in [0.25, 0.3) is 6.02 Å². The third kappa shape index (κ3) is 3.26. The van der Waals surface area contributed by atoms with Crippen molar-refractivity contribution in [1.29, 1.82) is 0 Å². The van der Waals surface area contributed by atoms with Crippen LogP contribution in [-0.4, -0.2) is 24.8 Å². The summed E-state index contributed by atoms with van der Waals surface area (Å²) in [6, 6.07) is 4.57. The number of hydrogen-bond donors (Lipinski definition) is 1. The molecule has 1 heterocycles. The van der Waals surface area contributed by atoms with E-state index in [0.717, 1.165) is 0 Å². The molecule has 6 heteroatoms. The van der Waals surface area contributed by atoms with Gasteiger partial charge in [-0.05, 0) is 19.1 Å². The molecule has 2 atom stereocenters. The van der Waals surface area contributed by atoms with E-state index in [4.69, 9.17) is 26.8 Å². The molecule has 1 aliphatic heterocycles. The topological polar surface area (TPSA) is 56.8 Å². The van der Waals surface area contributed by atoms with Gasteiger partial charge in [0.15, 0.2) is 0 Å². The van der Waals surface area contributed by atoms with E-state index in [0.29, 0.717) is 18.8 Å². The number of ether oxygens (including phenoxy) is 2. The third-order valence-electron chi connectivity index (χ3n) is 2.57. The lowest BCUT2D eigenvalue weighted by Gasteiger charge is -2.16. The Labute approximate surface area is 110 Å². The van der Waals surface area contributed by atoms with Gasteiger partial charge in [-0.2, -0.15) is 0 Å². The van der Waals surface area contributed by atoms with E-state index in [1.165, 1.54) is 12.1 Å². The Kier molecular flexibility index (Phi) is 3.91. The summed E-state index contributed by atoms with van der Waals surface area (Å²) in [5.74, 6) is -0.0481. The normalized spacial score (nSPS) is 20.2. The van der Waals surface area contributed by atoms with Crippen molar-refractivity contribution in [1.82, 2.24) is 0 Å². The highest BCUT2D eigenvalue weighted by atomic mass is 35.5. The largest absolute Gasteiger partial charge is 0.491 e. The summed E-state index contributed by atoms with van der Waals surface area (Å²) < 4.78 is 23.8. The molecule has 98 valence electrons. The van der Waals surface area contributed by atoms with Crippen LogP contribution in [0.15, 0.2) is 23.2 Å². The van der Waals surface area contributed by atoms with Crippen LogP contribution >= 0.6 is 11.6 Å². The molecule has 2 rings (SSSR count). The molecule has 1 unspecified atom stereocenters. The molecule has 0 spiro atoms. The number of hydrogen-bond acceptors (Lipinski definition) is 4. The Hall–Kier alpha value is -1.49. The van der Waals surface area contributed by atoms with E-state index >= 15 is 0 Å². The maximum atomic E-state index is 13.2. The Morgan fingerprint density at radius 2 is 2.44 bits per heavy atom. The van der Waals surface area contributed by atoms with E-state index in [9.17, 15) is 4.39 Å². The highest BCUT2D eigenvalue weighted by Gasteiger charge is 2.20. The van der Waals surface area contributed by atoms with Gasteiger partial charge in [-0.15, -0.1) is 0 Å². The Morgan fingerprint density at radius 3 is 3.06 bits per heavy atom. The molecule has 0 radical (unpaired) electrons. The first-order valence-corrected chi connectivity index (χ1v) is 6.00. The van der Waals surface area contributed by atoms with Crippen molar-refractivity contribution in [3.63, 3.8) is 0 Å². The number of aliphatic imine (C=N–C) groups is 1. The molecular formula is C12H14ClFN2O2. The number of benzene rings is 1. The van der Waals surface area contributed by atoms with Gasteiger partial charge < -0.3 is 15.2 Å². The van der Waals surface area contributed by atoms with Crippen LogP contribution in [0.4, 0.5) is 4.39 Å². The first kappa shape index (κ1) is 13.0. The number of rotatable bonds is 4. The summed E-state index contributed by atoms with van der Waals surface area (Å²) in [6.07, 6.45) is 0.541. The number of nitrogens with two attached hydrogens (primary N) is 1. The Balaban J connectivity index is 1.90. The summed E-state index contributed by atoms with van der Waals surface area (Å²) >= 11 is 5.59. The number of halogens is 2. The van der Waals surface area contributed by atoms with Gasteiger partial charge in [0.05, 0.1) is 17.2 Å². The maximum absolute atomic E-state index is 13.2. The SMILES string of the molecule is C[C@H](CC1COC(N)=N1)Oc1ccc(Cl)c(F)c1. The first-order chi connectivity index (χ1) is 8.54. The molecule has 0 saturated heterocycles. The molecule has 0 aromatic heterocycles. The van der Waals surface area contributed by atoms with Gasteiger partial charge in [-0.3, -0.25) is 0 Å². The standard InChI is InChI=1S/C12H14ClFN2O2/c1-7(4-8-6-17-12(15)16-8)18-9-2-3-10(13)11(14)5-9/h2-3,5,7-8H,4,6H2,1H3,(H2,15,16)/t7-,8?/m1/s1. The van der Waals surface area contributed by atoms with Gasteiger partial charge in [0.2, 0.25) is 0 Å². The second-order valence-electron chi connectivity index (χ2n) is 4.17. The lowest BCUT2D eigenvalue weighted by Crippen LogP contribution is -2.20. The minimum absolute atomic E-state index is 0.00264. The fourth-order valence-corrected chi connectivity index (χ4v) is 1.89. The summed E-state index contributed by atoms with van der Waals surface area (Å²) in [5, 5.41) is 0.0802. The average molecular weight is 273 g/mol. The third-order valence-corrected chi connectivity index (χ3v) is 2.87. The first-order valence-electron chi connectivity index (χ1n) is 5.62. The van der Waals surface area contributed by atoms with Crippen molar-refractivity contribution in [2.45, 2.75) is 25.5 Å². The lowest BCUT2D eigenvalue weighted by molar-refractivity contribution is 0.189. The van der Waals surface area contributed by atoms with E-state index in [1.54, 1.807) is 6.07 Å². The van der Waals surface area contributed by atoms with Crippen LogP contribution in [0.25, 0.3) is 0 Å². The van der Waals surface area contributed by atoms with Gasteiger partial charge in [-0.1, -0.05) is 11.6 Å². The molecule has 2 N–H and O–H groups in total. The molecule has 0 aliphatic carbocycles. The second-order valence-corrected chi connectivity index (χ2v) is 4.58. The van der Waals surface area contributed by atoms with Gasteiger partial charge in [-0.25, -0.2) is 9.38 Å².